The number of ether oxygens (including phenoxy) is 1. The molecule has 7 heteroatoms. The van der Waals surface area contributed by atoms with Crippen LogP contribution in [0.2, 0.25) is 0 Å². The van der Waals surface area contributed by atoms with Crippen molar-refractivity contribution in [3.8, 4) is 17.1 Å². The second-order valence-corrected chi connectivity index (χ2v) is 9.01. The highest BCUT2D eigenvalue weighted by molar-refractivity contribution is 7.99. The molecule has 0 spiro atoms. The first kappa shape index (κ1) is 20.1. The van der Waals surface area contributed by atoms with Gasteiger partial charge in [-0.2, -0.15) is 16.7 Å². The molecular weight excluding hydrogens is 375 g/mol. The number of halogens is 1. The molecule has 0 bridgehead atoms. The Bertz CT molecular complexity index is 959. The summed E-state index contributed by atoms with van der Waals surface area (Å²) in [7, 11) is 1.49. The van der Waals surface area contributed by atoms with Crippen LogP contribution in [0.25, 0.3) is 11.4 Å². The molecule has 5 nitrogen and oxygen atoms in total. The van der Waals surface area contributed by atoms with E-state index in [0.717, 1.165) is 11.4 Å². The molecule has 0 aliphatic heterocycles. The summed E-state index contributed by atoms with van der Waals surface area (Å²) in [6, 6.07) is 12.4. The van der Waals surface area contributed by atoms with Crippen molar-refractivity contribution in [3.63, 3.8) is 0 Å². The first-order chi connectivity index (χ1) is 13.3. The van der Waals surface area contributed by atoms with Crippen molar-refractivity contribution in [2.75, 3.05) is 12.4 Å². The lowest BCUT2D eigenvalue weighted by Crippen LogP contribution is -2.07. The van der Waals surface area contributed by atoms with E-state index in [2.05, 4.69) is 53.2 Å². The van der Waals surface area contributed by atoms with Crippen LogP contribution in [0.15, 0.2) is 48.8 Å². The largest absolute Gasteiger partial charge is 0.496 e. The van der Waals surface area contributed by atoms with Crippen LogP contribution < -0.4 is 10.1 Å². The topological polar surface area (TPSA) is 59.9 Å². The maximum absolute atomic E-state index is 13.4. The third-order valence-corrected chi connectivity index (χ3v) is 5.17. The normalized spacial score (nSPS) is 11.3. The predicted octanol–water partition coefficient (Wildman–Crippen LogP) is 5.46. The van der Waals surface area contributed by atoms with Gasteiger partial charge in [-0.25, -0.2) is 14.4 Å². The summed E-state index contributed by atoms with van der Waals surface area (Å²) < 4.78 is 18.9. The van der Waals surface area contributed by atoms with Crippen LogP contribution >= 0.6 is 11.8 Å². The summed E-state index contributed by atoms with van der Waals surface area (Å²) in [5, 5.41) is 3.21. The average molecular weight is 399 g/mol. The standard InChI is InChI=1S/C21H23FN4OS/c1-21(2,3)28-12-14-6-5-7-16(10-14)25-20-24-13-23-19(26-20)17-9-8-15(22)11-18(17)27-4/h5-11,13H,12H2,1-4H3,(H,23,24,25,26). The number of thioether (sulfide) groups is 1. The number of anilines is 2. The highest BCUT2D eigenvalue weighted by Gasteiger charge is 2.12. The van der Waals surface area contributed by atoms with Gasteiger partial charge in [0.05, 0.1) is 12.7 Å². The Labute approximate surface area is 168 Å². The van der Waals surface area contributed by atoms with Crippen molar-refractivity contribution in [3.05, 3.63) is 60.2 Å². The second kappa shape index (κ2) is 8.56. The molecule has 0 radical (unpaired) electrons. The molecular formula is C21H23FN4OS. The fourth-order valence-electron chi connectivity index (χ4n) is 2.50. The Morgan fingerprint density at radius 1 is 1.11 bits per heavy atom. The van der Waals surface area contributed by atoms with Gasteiger partial charge in [-0.05, 0) is 29.8 Å². The first-order valence-electron chi connectivity index (χ1n) is 8.87. The molecule has 0 fully saturated rings. The van der Waals surface area contributed by atoms with Crippen molar-refractivity contribution in [1.82, 2.24) is 15.0 Å². The number of hydrogen-bond acceptors (Lipinski definition) is 6. The minimum Gasteiger partial charge on any atom is -0.496 e. The molecule has 0 unspecified atom stereocenters. The molecule has 0 saturated carbocycles. The Morgan fingerprint density at radius 3 is 2.68 bits per heavy atom. The van der Waals surface area contributed by atoms with Gasteiger partial charge in [0.25, 0.3) is 0 Å². The van der Waals surface area contributed by atoms with Gasteiger partial charge < -0.3 is 10.1 Å². The lowest BCUT2D eigenvalue weighted by molar-refractivity contribution is 0.412. The number of benzene rings is 2. The molecule has 28 heavy (non-hydrogen) atoms. The zero-order chi connectivity index (χ0) is 20.1. The van der Waals surface area contributed by atoms with Crippen LogP contribution in [-0.4, -0.2) is 26.8 Å². The van der Waals surface area contributed by atoms with Gasteiger partial charge in [0.15, 0.2) is 5.82 Å². The smallest absolute Gasteiger partial charge is 0.230 e. The maximum atomic E-state index is 13.4. The van der Waals surface area contributed by atoms with Gasteiger partial charge in [-0.15, -0.1) is 0 Å². The number of rotatable bonds is 6. The summed E-state index contributed by atoms with van der Waals surface area (Å²) in [6.07, 6.45) is 1.42. The van der Waals surface area contributed by atoms with Crippen molar-refractivity contribution < 1.29 is 9.13 Å². The van der Waals surface area contributed by atoms with Crippen LogP contribution in [0.4, 0.5) is 16.0 Å². The molecule has 2 aromatic carbocycles. The summed E-state index contributed by atoms with van der Waals surface area (Å²) in [4.78, 5) is 12.8. The molecule has 1 aromatic heterocycles. The van der Waals surface area contributed by atoms with E-state index < -0.39 is 0 Å². The monoisotopic (exact) mass is 398 g/mol. The van der Waals surface area contributed by atoms with Gasteiger partial charge in [-0.1, -0.05) is 32.9 Å². The molecule has 0 aliphatic carbocycles. The number of nitrogens with one attached hydrogen (secondary N) is 1. The van der Waals surface area contributed by atoms with E-state index in [4.69, 9.17) is 4.74 Å². The highest BCUT2D eigenvalue weighted by Crippen LogP contribution is 2.30. The van der Waals surface area contributed by atoms with E-state index in [1.165, 1.54) is 31.1 Å². The average Bonchev–Trinajstić information content (AvgIpc) is 2.66. The van der Waals surface area contributed by atoms with Crippen molar-refractivity contribution in [2.24, 2.45) is 0 Å². The zero-order valence-corrected chi connectivity index (χ0v) is 17.2. The van der Waals surface area contributed by atoms with Gasteiger partial charge in [0.2, 0.25) is 5.95 Å². The maximum Gasteiger partial charge on any atom is 0.230 e. The van der Waals surface area contributed by atoms with Gasteiger partial charge >= 0.3 is 0 Å². The van der Waals surface area contributed by atoms with Crippen LogP contribution in [0.3, 0.4) is 0 Å². The molecule has 1 N–H and O–H groups in total. The lowest BCUT2D eigenvalue weighted by atomic mass is 10.2. The van der Waals surface area contributed by atoms with Gasteiger partial charge in [0.1, 0.15) is 17.9 Å². The van der Waals surface area contributed by atoms with E-state index >= 15 is 0 Å². The third-order valence-electron chi connectivity index (χ3n) is 3.83. The predicted molar refractivity (Wildman–Crippen MR) is 113 cm³/mol. The molecule has 0 atom stereocenters. The molecule has 3 aromatic rings. The number of aromatic nitrogens is 3. The fourth-order valence-corrected chi connectivity index (χ4v) is 3.28. The number of methoxy groups -OCH3 is 1. The van der Waals surface area contributed by atoms with Crippen molar-refractivity contribution in [2.45, 2.75) is 31.3 Å². The minimum atomic E-state index is -0.377. The zero-order valence-electron chi connectivity index (χ0n) is 16.4. The van der Waals surface area contributed by atoms with E-state index in [-0.39, 0.29) is 10.6 Å². The first-order valence-corrected chi connectivity index (χ1v) is 9.85. The Morgan fingerprint density at radius 2 is 1.93 bits per heavy atom. The van der Waals surface area contributed by atoms with Crippen LogP contribution in [0, 0.1) is 5.82 Å². The highest BCUT2D eigenvalue weighted by atomic mass is 32.2. The second-order valence-electron chi connectivity index (χ2n) is 7.20. The van der Waals surface area contributed by atoms with E-state index in [1.807, 2.05) is 23.9 Å². The quantitative estimate of drug-likeness (QED) is 0.595. The summed E-state index contributed by atoms with van der Waals surface area (Å²) in [5.41, 5.74) is 2.72. The minimum absolute atomic E-state index is 0.209. The van der Waals surface area contributed by atoms with Crippen LogP contribution in [0.5, 0.6) is 5.75 Å². The molecule has 146 valence electrons. The van der Waals surface area contributed by atoms with Gasteiger partial charge in [0, 0.05) is 22.3 Å². The molecule has 0 amide bonds. The number of nitrogens with zero attached hydrogens (tertiary/aromatic N) is 3. The van der Waals surface area contributed by atoms with Crippen LogP contribution in [-0.2, 0) is 5.75 Å². The summed E-state index contributed by atoms with van der Waals surface area (Å²) in [5.74, 6) is 1.75. The molecule has 1 heterocycles. The van der Waals surface area contributed by atoms with Crippen molar-refractivity contribution >= 4 is 23.4 Å². The third kappa shape index (κ3) is 5.42. The SMILES string of the molecule is COc1cc(F)ccc1-c1ncnc(Nc2cccc(CSC(C)(C)C)c2)n1. The molecule has 0 aliphatic rings. The Balaban J connectivity index is 1.80. The Hall–Kier alpha value is -2.67. The summed E-state index contributed by atoms with van der Waals surface area (Å²) >= 11 is 1.89. The summed E-state index contributed by atoms with van der Waals surface area (Å²) in [6.45, 7) is 6.61. The Kier molecular flexibility index (Phi) is 6.14. The molecule has 0 saturated heterocycles. The van der Waals surface area contributed by atoms with E-state index in [9.17, 15) is 4.39 Å². The van der Waals surface area contributed by atoms with Gasteiger partial charge in [-0.3, -0.25) is 0 Å². The van der Waals surface area contributed by atoms with Crippen LogP contribution in [0.1, 0.15) is 26.3 Å². The number of hydrogen-bond donors (Lipinski definition) is 1. The fraction of sp³-hybridized carbons (Fsp3) is 0.286. The lowest BCUT2D eigenvalue weighted by Gasteiger charge is -2.17. The van der Waals surface area contributed by atoms with E-state index in [1.54, 1.807) is 6.07 Å². The molecule has 3 rings (SSSR count). The van der Waals surface area contributed by atoms with E-state index in [0.29, 0.717) is 23.1 Å². The van der Waals surface area contributed by atoms with Crippen molar-refractivity contribution in [1.29, 1.82) is 0 Å².